The largest absolute Gasteiger partial charge is 0.347 e. The van der Waals surface area contributed by atoms with Crippen molar-refractivity contribution in [3.05, 3.63) is 36.2 Å². The van der Waals surface area contributed by atoms with Crippen LogP contribution in [-0.2, 0) is 4.79 Å². The van der Waals surface area contributed by atoms with Crippen LogP contribution in [0.15, 0.2) is 30.5 Å². The summed E-state index contributed by atoms with van der Waals surface area (Å²) >= 11 is 0. The number of carbonyl (C=O) groups is 2. The van der Waals surface area contributed by atoms with E-state index in [1.807, 2.05) is 31.2 Å². The zero-order valence-electron chi connectivity index (χ0n) is 13.1. The van der Waals surface area contributed by atoms with Crippen molar-refractivity contribution in [1.29, 1.82) is 0 Å². The van der Waals surface area contributed by atoms with Crippen molar-refractivity contribution in [3.63, 3.8) is 0 Å². The Morgan fingerprint density at radius 2 is 1.82 bits per heavy atom. The van der Waals surface area contributed by atoms with Gasteiger partial charge in [-0.25, -0.2) is 4.98 Å². The van der Waals surface area contributed by atoms with Crippen molar-refractivity contribution in [1.82, 2.24) is 19.8 Å². The Hall–Kier alpha value is -2.50. The van der Waals surface area contributed by atoms with Crippen LogP contribution in [0.3, 0.4) is 0 Å². The summed E-state index contributed by atoms with van der Waals surface area (Å²) < 4.78 is 0. The van der Waals surface area contributed by atoms with E-state index in [1.165, 1.54) is 16.0 Å². The summed E-state index contributed by atoms with van der Waals surface area (Å²) in [6, 6.07) is 7.38. The molecule has 0 saturated heterocycles. The van der Waals surface area contributed by atoms with Crippen LogP contribution in [-0.4, -0.2) is 58.8 Å². The smallest absolute Gasteiger partial charge is 0.274 e. The van der Waals surface area contributed by atoms with Crippen molar-refractivity contribution in [3.8, 4) is 0 Å². The number of rotatable bonds is 5. The van der Waals surface area contributed by atoms with Gasteiger partial charge in [-0.3, -0.25) is 14.6 Å². The van der Waals surface area contributed by atoms with Crippen molar-refractivity contribution >= 4 is 22.8 Å². The summed E-state index contributed by atoms with van der Waals surface area (Å²) in [6.45, 7) is 2.52. The van der Waals surface area contributed by atoms with Crippen LogP contribution >= 0.6 is 0 Å². The molecule has 1 heterocycles. The molecule has 0 radical (unpaired) electrons. The molecule has 1 aromatic heterocycles. The molecule has 0 aliphatic heterocycles. The van der Waals surface area contributed by atoms with E-state index in [0.717, 1.165) is 11.9 Å². The lowest BCUT2D eigenvalue weighted by Crippen LogP contribution is -2.41. The van der Waals surface area contributed by atoms with Gasteiger partial charge in [0, 0.05) is 20.6 Å². The van der Waals surface area contributed by atoms with E-state index in [4.69, 9.17) is 0 Å². The number of fused-ring (bicyclic) bond motifs is 1. The summed E-state index contributed by atoms with van der Waals surface area (Å²) in [4.78, 5) is 36.1. The third-order valence-corrected chi connectivity index (χ3v) is 3.27. The molecule has 2 rings (SSSR count). The standard InChI is InChI=1S/C16H20N4O2/c1-4-9-20(11-15(21)19(2)3)16(22)14-10-17-12-7-5-6-8-13(12)18-14/h5-8,10H,4,9,11H2,1-3H3. The third-order valence-electron chi connectivity index (χ3n) is 3.27. The Labute approximate surface area is 129 Å². The first-order valence-corrected chi connectivity index (χ1v) is 7.24. The molecule has 0 fully saturated rings. The highest BCUT2D eigenvalue weighted by atomic mass is 16.2. The van der Waals surface area contributed by atoms with Gasteiger partial charge in [0.2, 0.25) is 5.91 Å². The highest BCUT2D eigenvalue weighted by Crippen LogP contribution is 2.10. The monoisotopic (exact) mass is 300 g/mol. The Kier molecular flexibility index (Phi) is 5.04. The molecule has 0 bridgehead atoms. The van der Waals surface area contributed by atoms with Crippen LogP contribution in [0.4, 0.5) is 0 Å². The molecule has 22 heavy (non-hydrogen) atoms. The molecule has 0 aliphatic rings. The van der Waals surface area contributed by atoms with Gasteiger partial charge in [-0.2, -0.15) is 0 Å². The van der Waals surface area contributed by atoms with Gasteiger partial charge in [0.05, 0.1) is 17.2 Å². The van der Waals surface area contributed by atoms with Crippen molar-refractivity contribution < 1.29 is 9.59 Å². The molecule has 0 spiro atoms. The summed E-state index contributed by atoms with van der Waals surface area (Å²) in [7, 11) is 3.35. The van der Waals surface area contributed by atoms with Gasteiger partial charge in [0.1, 0.15) is 12.2 Å². The van der Waals surface area contributed by atoms with E-state index >= 15 is 0 Å². The lowest BCUT2D eigenvalue weighted by Gasteiger charge is -2.23. The number of nitrogens with zero attached hydrogens (tertiary/aromatic N) is 4. The van der Waals surface area contributed by atoms with Crippen molar-refractivity contribution in [2.75, 3.05) is 27.2 Å². The minimum absolute atomic E-state index is 0.0498. The lowest BCUT2D eigenvalue weighted by molar-refractivity contribution is -0.129. The molecule has 2 amide bonds. The lowest BCUT2D eigenvalue weighted by atomic mass is 10.2. The minimum atomic E-state index is -0.268. The van der Waals surface area contributed by atoms with E-state index < -0.39 is 0 Å². The second-order valence-electron chi connectivity index (χ2n) is 5.26. The average molecular weight is 300 g/mol. The Morgan fingerprint density at radius 1 is 1.14 bits per heavy atom. The van der Waals surface area contributed by atoms with Gasteiger partial charge in [-0.05, 0) is 18.6 Å². The molecule has 6 heteroatoms. The fourth-order valence-electron chi connectivity index (χ4n) is 2.05. The number of amides is 2. The molecule has 0 unspecified atom stereocenters. The van der Waals surface area contributed by atoms with Gasteiger partial charge < -0.3 is 9.80 Å². The van der Waals surface area contributed by atoms with Crippen LogP contribution in [0.25, 0.3) is 11.0 Å². The second kappa shape index (κ2) is 6.98. The molecule has 116 valence electrons. The van der Waals surface area contributed by atoms with E-state index in [0.29, 0.717) is 12.1 Å². The zero-order valence-corrected chi connectivity index (χ0v) is 13.1. The second-order valence-corrected chi connectivity index (χ2v) is 5.26. The van der Waals surface area contributed by atoms with Gasteiger partial charge in [-0.15, -0.1) is 0 Å². The molecule has 0 saturated carbocycles. The fraction of sp³-hybridized carbons (Fsp3) is 0.375. The molecule has 0 N–H and O–H groups in total. The molecular formula is C16H20N4O2. The Morgan fingerprint density at radius 3 is 2.45 bits per heavy atom. The first kappa shape index (κ1) is 15.9. The number of hydrogen-bond donors (Lipinski definition) is 0. The first-order valence-electron chi connectivity index (χ1n) is 7.24. The topological polar surface area (TPSA) is 66.4 Å². The number of carbonyl (C=O) groups excluding carboxylic acids is 2. The maximum atomic E-state index is 12.6. The normalized spacial score (nSPS) is 10.5. The summed E-state index contributed by atoms with van der Waals surface area (Å²) in [5.41, 5.74) is 1.67. The van der Waals surface area contributed by atoms with E-state index in [1.54, 1.807) is 14.1 Å². The fourth-order valence-corrected chi connectivity index (χ4v) is 2.05. The summed E-state index contributed by atoms with van der Waals surface area (Å²) in [5.74, 6) is -0.383. The van der Waals surface area contributed by atoms with E-state index in [2.05, 4.69) is 9.97 Å². The van der Waals surface area contributed by atoms with Gasteiger partial charge >= 0.3 is 0 Å². The van der Waals surface area contributed by atoms with Gasteiger partial charge in [0.15, 0.2) is 0 Å². The third kappa shape index (κ3) is 3.58. The van der Waals surface area contributed by atoms with Crippen LogP contribution in [0.5, 0.6) is 0 Å². The van der Waals surface area contributed by atoms with E-state index in [-0.39, 0.29) is 24.1 Å². The van der Waals surface area contributed by atoms with Crippen LogP contribution in [0.1, 0.15) is 23.8 Å². The maximum absolute atomic E-state index is 12.6. The van der Waals surface area contributed by atoms with Crippen LogP contribution in [0.2, 0.25) is 0 Å². The molecule has 0 aliphatic carbocycles. The number of likely N-dealkylation sites (N-methyl/N-ethyl adjacent to an activating group) is 1. The zero-order chi connectivity index (χ0) is 16.1. The van der Waals surface area contributed by atoms with Gasteiger partial charge in [0.25, 0.3) is 5.91 Å². The SMILES string of the molecule is CCCN(CC(=O)N(C)C)C(=O)c1cnc2ccccc2n1. The molecule has 1 aromatic carbocycles. The predicted octanol–water partition coefficient (Wildman–Crippen LogP) is 1.57. The van der Waals surface area contributed by atoms with Crippen LogP contribution < -0.4 is 0 Å². The minimum Gasteiger partial charge on any atom is -0.347 e. The van der Waals surface area contributed by atoms with E-state index in [9.17, 15) is 9.59 Å². The number of hydrogen-bond acceptors (Lipinski definition) is 4. The summed E-state index contributed by atoms with van der Waals surface area (Å²) in [5, 5.41) is 0. The Bertz CT molecular complexity index is 685. The predicted molar refractivity (Wildman–Crippen MR) is 84.4 cm³/mol. The molecule has 2 aromatic rings. The van der Waals surface area contributed by atoms with Crippen molar-refractivity contribution in [2.24, 2.45) is 0 Å². The molecule has 6 nitrogen and oxygen atoms in total. The summed E-state index contributed by atoms with van der Waals surface area (Å²) in [6.07, 6.45) is 2.24. The number of para-hydroxylation sites is 2. The first-order chi connectivity index (χ1) is 10.5. The molecular weight excluding hydrogens is 280 g/mol. The van der Waals surface area contributed by atoms with Crippen molar-refractivity contribution in [2.45, 2.75) is 13.3 Å². The Balaban J connectivity index is 2.26. The highest BCUT2D eigenvalue weighted by molar-refractivity contribution is 5.96. The quantitative estimate of drug-likeness (QED) is 0.840. The van der Waals surface area contributed by atoms with Gasteiger partial charge in [-0.1, -0.05) is 19.1 Å². The van der Waals surface area contributed by atoms with Crippen LogP contribution in [0, 0.1) is 0 Å². The number of aromatic nitrogens is 2. The average Bonchev–Trinajstić information content (AvgIpc) is 2.53. The number of benzene rings is 1. The highest BCUT2D eigenvalue weighted by Gasteiger charge is 2.20. The molecule has 0 atom stereocenters. The maximum Gasteiger partial charge on any atom is 0.274 e.